The summed E-state index contributed by atoms with van der Waals surface area (Å²) in [7, 11) is 0. The fourth-order valence-electron chi connectivity index (χ4n) is 2.60. The molecule has 1 aromatic carbocycles. The lowest BCUT2D eigenvalue weighted by Crippen LogP contribution is -2.45. The first kappa shape index (κ1) is 15.5. The van der Waals surface area contributed by atoms with Crippen LogP contribution < -0.4 is 5.32 Å². The lowest BCUT2D eigenvalue weighted by Gasteiger charge is -2.26. The zero-order valence-electron chi connectivity index (χ0n) is 12.9. The molecule has 0 spiro atoms. The number of hydrogen-bond acceptors (Lipinski definition) is 4. The van der Waals surface area contributed by atoms with Gasteiger partial charge in [-0.1, -0.05) is 18.2 Å². The van der Waals surface area contributed by atoms with Gasteiger partial charge in [-0.15, -0.1) is 0 Å². The van der Waals surface area contributed by atoms with Crippen LogP contribution in [0.2, 0.25) is 0 Å². The maximum atomic E-state index is 11.9. The minimum Gasteiger partial charge on any atom is -0.378 e. The van der Waals surface area contributed by atoms with Gasteiger partial charge in [0, 0.05) is 24.9 Å². The third kappa shape index (κ3) is 3.87. The maximum Gasteiger partial charge on any atom is 0.242 e. The van der Waals surface area contributed by atoms with Crippen molar-refractivity contribution in [3.05, 3.63) is 30.5 Å². The number of nitrogens with zero attached hydrogens (tertiary/aromatic N) is 3. The van der Waals surface area contributed by atoms with Gasteiger partial charge in [0.2, 0.25) is 11.8 Å². The van der Waals surface area contributed by atoms with Gasteiger partial charge in [-0.25, -0.2) is 0 Å². The van der Waals surface area contributed by atoms with E-state index in [9.17, 15) is 9.59 Å². The van der Waals surface area contributed by atoms with Crippen LogP contribution in [0, 0.1) is 0 Å². The van der Waals surface area contributed by atoms with Crippen molar-refractivity contribution in [1.29, 1.82) is 0 Å². The normalized spacial score (nSPS) is 14.9. The molecule has 1 aliphatic heterocycles. The molecular weight excluding hydrogens is 296 g/mol. The van der Waals surface area contributed by atoms with Gasteiger partial charge in [0.25, 0.3) is 0 Å². The first-order valence-corrected chi connectivity index (χ1v) is 7.77. The molecule has 23 heavy (non-hydrogen) atoms. The summed E-state index contributed by atoms with van der Waals surface area (Å²) in [6.07, 6.45) is 2.08. The highest BCUT2D eigenvalue weighted by molar-refractivity contribution is 5.85. The van der Waals surface area contributed by atoms with Crippen molar-refractivity contribution >= 4 is 22.7 Å². The van der Waals surface area contributed by atoms with Crippen LogP contribution in [0.4, 0.5) is 0 Å². The third-order valence-electron chi connectivity index (χ3n) is 3.90. The molecule has 0 bridgehead atoms. The summed E-state index contributed by atoms with van der Waals surface area (Å²) < 4.78 is 7.00. The Morgan fingerprint density at radius 1 is 1.22 bits per heavy atom. The van der Waals surface area contributed by atoms with Crippen LogP contribution in [0.25, 0.3) is 10.9 Å². The van der Waals surface area contributed by atoms with E-state index < -0.39 is 0 Å². The summed E-state index contributed by atoms with van der Waals surface area (Å²) in [5.74, 6) is -0.211. The SMILES string of the molecule is O=C(CCn1ncc2ccccc21)NCC(=O)N1CCOCC1. The Hall–Kier alpha value is -2.41. The number of nitrogens with one attached hydrogen (secondary N) is 1. The molecule has 0 atom stereocenters. The molecule has 0 radical (unpaired) electrons. The van der Waals surface area contributed by atoms with Gasteiger partial charge in [-0.3, -0.25) is 14.3 Å². The number of benzene rings is 1. The maximum absolute atomic E-state index is 11.9. The number of amides is 2. The summed E-state index contributed by atoms with van der Waals surface area (Å²) in [5, 5.41) is 8.01. The van der Waals surface area contributed by atoms with Crippen LogP contribution in [0.1, 0.15) is 6.42 Å². The second kappa shape index (κ2) is 7.23. The van der Waals surface area contributed by atoms with Crippen molar-refractivity contribution in [3.63, 3.8) is 0 Å². The van der Waals surface area contributed by atoms with E-state index in [2.05, 4.69) is 10.4 Å². The molecule has 0 aliphatic carbocycles. The summed E-state index contributed by atoms with van der Waals surface area (Å²) in [6.45, 7) is 2.84. The van der Waals surface area contributed by atoms with Crippen molar-refractivity contribution < 1.29 is 14.3 Å². The minimum absolute atomic E-state index is 0.0404. The van der Waals surface area contributed by atoms with Crippen molar-refractivity contribution in [2.75, 3.05) is 32.8 Å². The lowest BCUT2D eigenvalue weighted by atomic mass is 10.2. The largest absolute Gasteiger partial charge is 0.378 e. The number of fused-ring (bicyclic) bond motifs is 1. The second-order valence-electron chi connectivity index (χ2n) is 5.45. The first-order chi connectivity index (χ1) is 11.2. The fourth-order valence-corrected chi connectivity index (χ4v) is 2.60. The second-order valence-corrected chi connectivity index (χ2v) is 5.45. The summed E-state index contributed by atoms with van der Waals surface area (Å²) in [4.78, 5) is 25.6. The van der Waals surface area contributed by atoms with Gasteiger partial charge < -0.3 is 15.0 Å². The summed E-state index contributed by atoms with van der Waals surface area (Å²) in [6, 6.07) is 7.86. The number of morpholine rings is 1. The van der Waals surface area contributed by atoms with Gasteiger partial charge in [-0.2, -0.15) is 5.10 Å². The Morgan fingerprint density at radius 2 is 2.00 bits per heavy atom. The van der Waals surface area contributed by atoms with E-state index in [-0.39, 0.29) is 18.4 Å². The number of rotatable bonds is 5. The number of carbonyl (C=O) groups excluding carboxylic acids is 2. The van der Waals surface area contributed by atoms with E-state index in [0.717, 1.165) is 10.9 Å². The van der Waals surface area contributed by atoms with Gasteiger partial charge in [0.05, 0.1) is 38.0 Å². The highest BCUT2D eigenvalue weighted by atomic mass is 16.5. The molecular formula is C16H20N4O3. The number of aryl methyl sites for hydroxylation is 1. The summed E-state index contributed by atoms with van der Waals surface area (Å²) in [5.41, 5.74) is 1.00. The van der Waals surface area contributed by atoms with E-state index in [1.54, 1.807) is 15.8 Å². The highest BCUT2D eigenvalue weighted by Crippen LogP contribution is 2.12. The van der Waals surface area contributed by atoms with Crippen LogP contribution in [0.15, 0.2) is 30.5 Å². The predicted molar refractivity (Wildman–Crippen MR) is 84.8 cm³/mol. The van der Waals surface area contributed by atoms with Crippen molar-refractivity contribution in [2.45, 2.75) is 13.0 Å². The lowest BCUT2D eigenvalue weighted by molar-refractivity contribution is -0.136. The van der Waals surface area contributed by atoms with Crippen molar-refractivity contribution in [3.8, 4) is 0 Å². The number of carbonyl (C=O) groups is 2. The molecule has 2 heterocycles. The molecule has 7 nitrogen and oxygen atoms in total. The molecule has 1 fully saturated rings. The molecule has 2 amide bonds. The Morgan fingerprint density at radius 3 is 2.83 bits per heavy atom. The molecule has 1 N–H and O–H groups in total. The number of ether oxygens (including phenoxy) is 1. The molecule has 1 saturated heterocycles. The molecule has 0 unspecified atom stereocenters. The zero-order valence-corrected chi connectivity index (χ0v) is 12.9. The smallest absolute Gasteiger partial charge is 0.242 e. The molecule has 0 saturated carbocycles. The van der Waals surface area contributed by atoms with E-state index in [4.69, 9.17) is 4.74 Å². The van der Waals surface area contributed by atoms with E-state index in [1.165, 1.54) is 0 Å². The average Bonchev–Trinajstić information content (AvgIpc) is 3.02. The topological polar surface area (TPSA) is 76.5 Å². The number of para-hydroxylation sites is 1. The van der Waals surface area contributed by atoms with Crippen LogP contribution >= 0.6 is 0 Å². The minimum atomic E-state index is -0.147. The van der Waals surface area contributed by atoms with Gasteiger partial charge in [0.1, 0.15) is 0 Å². The monoisotopic (exact) mass is 316 g/mol. The molecule has 122 valence electrons. The molecule has 1 aromatic heterocycles. The molecule has 2 aromatic rings. The van der Waals surface area contributed by atoms with E-state index in [1.807, 2.05) is 24.3 Å². The fraction of sp³-hybridized carbons (Fsp3) is 0.438. The first-order valence-electron chi connectivity index (χ1n) is 7.77. The van der Waals surface area contributed by atoms with Crippen LogP contribution in [0.5, 0.6) is 0 Å². The van der Waals surface area contributed by atoms with Gasteiger partial charge in [-0.05, 0) is 6.07 Å². The summed E-state index contributed by atoms with van der Waals surface area (Å²) >= 11 is 0. The van der Waals surface area contributed by atoms with Crippen LogP contribution in [-0.4, -0.2) is 59.3 Å². The molecule has 3 rings (SSSR count). The highest BCUT2D eigenvalue weighted by Gasteiger charge is 2.17. The Balaban J connectivity index is 1.45. The standard InChI is InChI=1S/C16H20N4O3/c21-15(17-12-16(22)19-7-9-23-10-8-19)5-6-20-14-4-2-1-3-13(14)11-18-20/h1-4,11H,5-10,12H2,(H,17,21). The van der Waals surface area contributed by atoms with Gasteiger partial charge >= 0.3 is 0 Å². The van der Waals surface area contributed by atoms with E-state index >= 15 is 0 Å². The third-order valence-corrected chi connectivity index (χ3v) is 3.90. The molecule has 7 heteroatoms. The van der Waals surface area contributed by atoms with Crippen LogP contribution in [0.3, 0.4) is 0 Å². The number of aromatic nitrogens is 2. The number of hydrogen-bond donors (Lipinski definition) is 1. The van der Waals surface area contributed by atoms with Crippen molar-refractivity contribution in [2.24, 2.45) is 0 Å². The Kier molecular flexibility index (Phi) is 4.87. The quantitative estimate of drug-likeness (QED) is 0.866. The average molecular weight is 316 g/mol. The van der Waals surface area contributed by atoms with Gasteiger partial charge in [0.15, 0.2) is 0 Å². The van der Waals surface area contributed by atoms with Crippen molar-refractivity contribution in [1.82, 2.24) is 20.0 Å². The zero-order chi connectivity index (χ0) is 16.1. The molecule has 1 aliphatic rings. The van der Waals surface area contributed by atoms with Crippen LogP contribution in [-0.2, 0) is 20.9 Å². The Labute approximate surface area is 134 Å². The Bertz CT molecular complexity index is 691. The van der Waals surface area contributed by atoms with E-state index in [0.29, 0.717) is 39.3 Å². The predicted octanol–water partition coefficient (Wildman–Crippen LogP) is 0.401.